The molecule has 94 valence electrons. The predicted octanol–water partition coefficient (Wildman–Crippen LogP) is 2.42. The highest BCUT2D eigenvalue weighted by Crippen LogP contribution is 2.08. The summed E-state index contributed by atoms with van der Waals surface area (Å²) >= 11 is 5.71. The summed E-state index contributed by atoms with van der Waals surface area (Å²) in [6, 6.07) is 0. The molecule has 1 rings (SSSR count). The van der Waals surface area contributed by atoms with Crippen LogP contribution >= 0.6 is 11.6 Å². The molecule has 0 bridgehead atoms. The summed E-state index contributed by atoms with van der Waals surface area (Å²) in [6.45, 7) is 7.19. The van der Waals surface area contributed by atoms with Gasteiger partial charge in [-0.2, -0.15) is 15.0 Å². The highest BCUT2D eigenvalue weighted by Gasteiger charge is 2.02. The van der Waals surface area contributed by atoms with E-state index >= 15 is 0 Å². The topological polar surface area (TPSA) is 62.7 Å². The molecule has 0 saturated carbocycles. The Labute approximate surface area is 107 Å². The van der Waals surface area contributed by atoms with Crippen molar-refractivity contribution in [2.45, 2.75) is 27.2 Å². The first-order valence-corrected chi connectivity index (χ1v) is 5.97. The normalized spacial score (nSPS) is 8.65. The van der Waals surface area contributed by atoms with Gasteiger partial charge < -0.3 is 10.6 Å². The van der Waals surface area contributed by atoms with E-state index in [4.69, 9.17) is 18.0 Å². The standard InChI is InChI=1S/C9H12ClN5.C2H6/c1-3-5-11-8-13-7(10)14-9(15-8)12-6-4-2;1-2/h1H,4-6H2,2H3,(H2,11,12,13,14,15);1-2H3. The van der Waals surface area contributed by atoms with Crippen molar-refractivity contribution in [3.63, 3.8) is 0 Å². The first-order chi connectivity index (χ1) is 8.26. The molecule has 0 saturated heterocycles. The minimum atomic E-state index is 0.142. The van der Waals surface area contributed by atoms with Crippen molar-refractivity contribution in [3.8, 4) is 12.3 Å². The van der Waals surface area contributed by atoms with Crippen LogP contribution in [0, 0.1) is 12.3 Å². The zero-order valence-corrected chi connectivity index (χ0v) is 11.2. The number of aromatic nitrogens is 3. The van der Waals surface area contributed by atoms with Gasteiger partial charge in [-0.3, -0.25) is 0 Å². The molecule has 1 aromatic heterocycles. The summed E-state index contributed by atoms with van der Waals surface area (Å²) in [5.41, 5.74) is 0. The number of hydrogen-bond donors (Lipinski definition) is 2. The number of nitrogens with zero attached hydrogens (tertiary/aromatic N) is 3. The molecule has 17 heavy (non-hydrogen) atoms. The van der Waals surface area contributed by atoms with Gasteiger partial charge in [-0.05, 0) is 18.0 Å². The third-order valence-electron chi connectivity index (χ3n) is 1.49. The molecule has 0 spiro atoms. The Hall–Kier alpha value is -1.54. The number of terminal acetylenes is 1. The molecule has 0 unspecified atom stereocenters. The van der Waals surface area contributed by atoms with E-state index in [9.17, 15) is 0 Å². The van der Waals surface area contributed by atoms with Crippen molar-refractivity contribution in [3.05, 3.63) is 5.28 Å². The van der Waals surface area contributed by atoms with Crippen LogP contribution in [0.5, 0.6) is 0 Å². The average Bonchev–Trinajstić information content (AvgIpc) is 2.36. The largest absolute Gasteiger partial charge is 0.354 e. The van der Waals surface area contributed by atoms with Crippen LogP contribution in [-0.4, -0.2) is 28.0 Å². The number of nitrogens with one attached hydrogen (secondary N) is 2. The lowest BCUT2D eigenvalue weighted by Crippen LogP contribution is -2.09. The zero-order valence-electron chi connectivity index (χ0n) is 10.4. The fourth-order valence-electron chi connectivity index (χ4n) is 0.875. The summed E-state index contributed by atoms with van der Waals surface area (Å²) in [5, 5.41) is 5.98. The molecule has 0 amide bonds. The van der Waals surface area contributed by atoms with Crippen LogP contribution in [0.25, 0.3) is 0 Å². The minimum absolute atomic E-state index is 0.142. The second-order valence-electron chi connectivity index (χ2n) is 2.74. The summed E-state index contributed by atoms with van der Waals surface area (Å²) < 4.78 is 0. The van der Waals surface area contributed by atoms with Gasteiger partial charge in [-0.15, -0.1) is 6.42 Å². The molecule has 0 aromatic carbocycles. The van der Waals surface area contributed by atoms with Crippen LogP contribution in [0.1, 0.15) is 27.2 Å². The van der Waals surface area contributed by atoms with Gasteiger partial charge in [0.1, 0.15) is 0 Å². The van der Waals surface area contributed by atoms with Crippen LogP contribution in [-0.2, 0) is 0 Å². The van der Waals surface area contributed by atoms with E-state index in [0.29, 0.717) is 18.4 Å². The molecule has 5 nitrogen and oxygen atoms in total. The highest BCUT2D eigenvalue weighted by atomic mass is 35.5. The van der Waals surface area contributed by atoms with Crippen LogP contribution in [0.15, 0.2) is 0 Å². The number of halogens is 1. The molecule has 0 radical (unpaired) electrons. The molecule has 0 aliphatic rings. The van der Waals surface area contributed by atoms with Gasteiger partial charge in [0.2, 0.25) is 17.2 Å². The lowest BCUT2D eigenvalue weighted by atomic mass is 10.5. The summed E-state index contributed by atoms with van der Waals surface area (Å²) in [6.07, 6.45) is 6.08. The van der Waals surface area contributed by atoms with E-state index in [2.05, 4.69) is 31.5 Å². The van der Waals surface area contributed by atoms with Gasteiger partial charge in [0.25, 0.3) is 0 Å². The number of rotatable bonds is 5. The van der Waals surface area contributed by atoms with Gasteiger partial charge in [-0.25, -0.2) is 0 Å². The van der Waals surface area contributed by atoms with Crippen molar-refractivity contribution >= 4 is 23.5 Å². The monoisotopic (exact) mass is 255 g/mol. The lowest BCUT2D eigenvalue weighted by Gasteiger charge is -2.05. The van der Waals surface area contributed by atoms with E-state index in [1.807, 2.05) is 20.8 Å². The smallest absolute Gasteiger partial charge is 0.229 e. The van der Waals surface area contributed by atoms with E-state index in [0.717, 1.165) is 13.0 Å². The maximum atomic E-state index is 5.71. The minimum Gasteiger partial charge on any atom is -0.354 e. The van der Waals surface area contributed by atoms with E-state index in [1.54, 1.807) is 0 Å². The average molecular weight is 256 g/mol. The molecule has 0 aliphatic carbocycles. The molecule has 0 aliphatic heterocycles. The van der Waals surface area contributed by atoms with Crippen molar-refractivity contribution < 1.29 is 0 Å². The molecule has 0 fully saturated rings. The van der Waals surface area contributed by atoms with Gasteiger partial charge >= 0.3 is 0 Å². The second kappa shape index (κ2) is 9.67. The van der Waals surface area contributed by atoms with E-state index < -0.39 is 0 Å². The third-order valence-corrected chi connectivity index (χ3v) is 1.66. The molecular weight excluding hydrogens is 238 g/mol. The van der Waals surface area contributed by atoms with Crippen molar-refractivity contribution in [2.24, 2.45) is 0 Å². The fraction of sp³-hybridized carbons (Fsp3) is 0.545. The van der Waals surface area contributed by atoms with Crippen molar-refractivity contribution in [2.75, 3.05) is 23.7 Å². The molecule has 1 heterocycles. The van der Waals surface area contributed by atoms with E-state index in [-0.39, 0.29) is 5.28 Å². The summed E-state index contributed by atoms with van der Waals surface area (Å²) in [7, 11) is 0. The third kappa shape index (κ3) is 6.59. The molecule has 6 heteroatoms. The SMILES string of the molecule is C#CCNc1nc(Cl)nc(NCCC)n1.CC. The molecular formula is C11H18ClN5. The van der Waals surface area contributed by atoms with Gasteiger partial charge in [-0.1, -0.05) is 26.7 Å². The summed E-state index contributed by atoms with van der Waals surface area (Å²) in [4.78, 5) is 11.9. The van der Waals surface area contributed by atoms with Gasteiger partial charge in [0, 0.05) is 6.54 Å². The number of anilines is 2. The Morgan fingerprint density at radius 1 is 1.18 bits per heavy atom. The Balaban J connectivity index is 0.00000121. The van der Waals surface area contributed by atoms with Gasteiger partial charge in [0.05, 0.1) is 6.54 Å². The van der Waals surface area contributed by atoms with E-state index in [1.165, 1.54) is 0 Å². The maximum Gasteiger partial charge on any atom is 0.229 e. The van der Waals surface area contributed by atoms with Crippen molar-refractivity contribution in [1.29, 1.82) is 0 Å². The molecule has 0 atom stereocenters. The lowest BCUT2D eigenvalue weighted by molar-refractivity contribution is 0.938. The fourth-order valence-corrected chi connectivity index (χ4v) is 1.04. The first kappa shape index (κ1) is 15.5. The van der Waals surface area contributed by atoms with Gasteiger partial charge in [0.15, 0.2) is 0 Å². The van der Waals surface area contributed by atoms with Crippen LogP contribution in [0.2, 0.25) is 5.28 Å². The second-order valence-corrected chi connectivity index (χ2v) is 3.07. The quantitative estimate of drug-likeness (QED) is 0.792. The van der Waals surface area contributed by atoms with Crippen LogP contribution in [0.3, 0.4) is 0 Å². The zero-order chi connectivity index (χ0) is 13.1. The maximum absolute atomic E-state index is 5.71. The molecule has 2 N–H and O–H groups in total. The van der Waals surface area contributed by atoms with Crippen LogP contribution in [0.4, 0.5) is 11.9 Å². The highest BCUT2D eigenvalue weighted by molar-refractivity contribution is 6.28. The Bertz CT molecular complexity index is 361. The first-order valence-electron chi connectivity index (χ1n) is 5.59. The Morgan fingerprint density at radius 3 is 2.29 bits per heavy atom. The predicted molar refractivity (Wildman–Crippen MR) is 72.3 cm³/mol. The molecule has 1 aromatic rings. The Morgan fingerprint density at radius 2 is 1.76 bits per heavy atom. The van der Waals surface area contributed by atoms with Crippen LogP contribution < -0.4 is 10.6 Å². The Kier molecular flexibility index (Phi) is 8.79. The summed E-state index contributed by atoms with van der Waals surface area (Å²) in [5.74, 6) is 3.26. The van der Waals surface area contributed by atoms with Crippen molar-refractivity contribution in [1.82, 2.24) is 15.0 Å². The number of hydrogen-bond acceptors (Lipinski definition) is 5.